The molecule has 2 nitrogen and oxygen atoms in total. The average Bonchev–Trinajstić information content (AvgIpc) is 2.51. The number of rotatable bonds is 15. The van der Waals surface area contributed by atoms with Gasteiger partial charge in [0.25, 0.3) is 0 Å². The van der Waals surface area contributed by atoms with Crippen molar-refractivity contribution >= 4 is 5.97 Å². The van der Waals surface area contributed by atoms with Gasteiger partial charge in [-0.1, -0.05) is 83.6 Å². The molecule has 0 aliphatic rings. The number of carboxylic acids is 1. The van der Waals surface area contributed by atoms with Gasteiger partial charge >= 0.3 is 5.97 Å². The highest BCUT2D eigenvalue weighted by atomic mass is 16.4. The summed E-state index contributed by atoms with van der Waals surface area (Å²) in [7, 11) is 0. The molecule has 0 bridgehead atoms. The minimum atomic E-state index is -0.731. The van der Waals surface area contributed by atoms with E-state index in [1.165, 1.54) is 69.8 Å². The van der Waals surface area contributed by atoms with Crippen molar-refractivity contribution in [1.82, 2.24) is 0 Å². The van der Waals surface area contributed by atoms with Gasteiger partial charge in [-0.15, -0.1) is 0 Å². The summed E-state index contributed by atoms with van der Waals surface area (Å²) >= 11 is 0. The fraction of sp³-hybridized carbons (Fsp3) is 0.850. The normalized spacial score (nSPS) is 12.3. The van der Waals surface area contributed by atoms with Crippen LogP contribution >= 0.6 is 0 Å². The highest BCUT2D eigenvalue weighted by molar-refractivity contribution is 5.86. The van der Waals surface area contributed by atoms with E-state index in [0.29, 0.717) is 5.57 Å². The second kappa shape index (κ2) is 15.1. The summed E-state index contributed by atoms with van der Waals surface area (Å²) in [6.07, 6.45) is 17.3. The van der Waals surface area contributed by atoms with Crippen LogP contribution in [0.15, 0.2) is 11.1 Å². The summed E-state index contributed by atoms with van der Waals surface area (Å²) in [5.74, 6) is -0.731. The second-order valence-corrected chi connectivity index (χ2v) is 6.57. The van der Waals surface area contributed by atoms with E-state index in [-0.39, 0.29) is 0 Å². The molecule has 0 amide bonds. The Balaban J connectivity index is 3.94. The van der Waals surface area contributed by atoms with Gasteiger partial charge in [0.1, 0.15) is 0 Å². The zero-order valence-corrected chi connectivity index (χ0v) is 15.3. The fourth-order valence-corrected chi connectivity index (χ4v) is 2.89. The number of carbonyl (C=O) groups is 1. The lowest BCUT2D eigenvalue weighted by Gasteiger charge is -2.10. The van der Waals surface area contributed by atoms with Gasteiger partial charge < -0.3 is 5.11 Å². The highest BCUT2D eigenvalue weighted by Crippen LogP contribution is 2.21. The van der Waals surface area contributed by atoms with Crippen LogP contribution in [0.5, 0.6) is 0 Å². The van der Waals surface area contributed by atoms with Gasteiger partial charge in [0, 0.05) is 5.57 Å². The Morgan fingerprint density at radius 2 is 1.05 bits per heavy atom. The highest BCUT2D eigenvalue weighted by Gasteiger charge is 2.09. The van der Waals surface area contributed by atoms with Crippen molar-refractivity contribution in [3.05, 3.63) is 11.1 Å². The van der Waals surface area contributed by atoms with Crippen molar-refractivity contribution < 1.29 is 9.90 Å². The zero-order chi connectivity index (χ0) is 16.6. The van der Waals surface area contributed by atoms with Crippen molar-refractivity contribution in [2.45, 2.75) is 111 Å². The molecule has 0 unspecified atom stereocenters. The Morgan fingerprint density at radius 3 is 1.45 bits per heavy atom. The van der Waals surface area contributed by atoms with Crippen molar-refractivity contribution in [2.24, 2.45) is 0 Å². The lowest BCUT2D eigenvalue weighted by Crippen LogP contribution is -2.02. The molecule has 0 aromatic heterocycles. The first kappa shape index (κ1) is 21.2. The molecule has 0 aromatic carbocycles. The molecule has 0 aliphatic carbocycles. The molecule has 130 valence electrons. The van der Waals surface area contributed by atoms with E-state index >= 15 is 0 Å². The number of aliphatic carboxylic acids is 1. The Hall–Kier alpha value is -0.790. The van der Waals surface area contributed by atoms with Gasteiger partial charge in [-0.25, -0.2) is 4.79 Å². The molecule has 0 aliphatic heterocycles. The number of unbranched alkanes of at least 4 members (excludes halogenated alkanes) is 10. The number of hydrogen-bond donors (Lipinski definition) is 1. The molecule has 1 N–H and O–H groups in total. The van der Waals surface area contributed by atoms with Crippen molar-refractivity contribution in [3.63, 3.8) is 0 Å². The maximum absolute atomic E-state index is 11.2. The van der Waals surface area contributed by atoms with Crippen LogP contribution < -0.4 is 0 Å². The molecule has 0 spiro atoms. The predicted molar refractivity (Wildman–Crippen MR) is 96.3 cm³/mol. The summed E-state index contributed by atoms with van der Waals surface area (Å²) in [5.41, 5.74) is 1.79. The van der Waals surface area contributed by atoms with Gasteiger partial charge in [0.15, 0.2) is 0 Å². The largest absolute Gasteiger partial charge is 0.478 e. The molecular formula is C20H38O2. The molecule has 0 aromatic rings. The van der Waals surface area contributed by atoms with E-state index in [9.17, 15) is 9.90 Å². The molecule has 0 atom stereocenters. The number of carboxylic acid groups (broad SMARTS) is 1. The van der Waals surface area contributed by atoms with Gasteiger partial charge in [-0.2, -0.15) is 0 Å². The van der Waals surface area contributed by atoms with E-state index < -0.39 is 5.97 Å². The third-order valence-electron chi connectivity index (χ3n) is 4.52. The van der Waals surface area contributed by atoms with Crippen LogP contribution in [-0.4, -0.2) is 11.1 Å². The first-order chi connectivity index (χ1) is 10.6. The van der Waals surface area contributed by atoms with Gasteiger partial charge in [-0.3, -0.25) is 0 Å². The third-order valence-corrected chi connectivity index (χ3v) is 4.52. The van der Waals surface area contributed by atoms with E-state index in [2.05, 4.69) is 13.8 Å². The van der Waals surface area contributed by atoms with Crippen LogP contribution in [0, 0.1) is 0 Å². The topological polar surface area (TPSA) is 37.3 Å². The van der Waals surface area contributed by atoms with E-state index in [1.54, 1.807) is 6.92 Å². The SMILES string of the molecule is CCCCCCCCCCC(CCCCCC)=C(C)C(=O)O. The lowest BCUT2D eigenvalue weighted by atomic mass is 9.96. The first-order valence-electron chi connectivity index (χ1n) is 9.55. The van der Waals surface area contributed by atoms with Crippen LogP contribution in [0.2, 0.25) is 0 Å². The van der Waals surface area contributed by atoms with Crippen molar-refractivity contribution in [2.75, 3.05) is 0 Å². The molecule has 22 heavy (non-hydrogen) atoms. The standard InChI is InChI=1S/C20H38O2/c1-4-6-8-10-11-12-13-15-17-19(18(3)20(21)22)16-14-9-7-5-2/h4-17H2,1-3H3,(H,21,22). The van der Waals surface area contributed by atoms with Gasteiger partial charge in [0.05, 0.1) is 0 Å². The average molecular weight is 311 g/mol. The minimum absolute atomic E-state index is 0.597. The predicted octanol–water partition coefficient (Wildman–Crippen LogP) is 6.89. The summed E-state index contributed by atoms with van der Waals surface area (Å²) in [6, 6.07) is 0. The Labute approximate surface area is 138 Å². The smallest absolute Gasteiger partial charge is 0.331 e. The molecule has 2 heteroatoms. The summed E-state index contributed by atoms with van der Waals surface area (Å²) in [4.78, 5) is 11.2. The van der Waals surface area contributed by atoms with Crippen LogP contribution in [0.4, 0.5) is 0 Å². The molecule has 0 fully saturated rings. The summed E-state index contributed by atoms with van der Waals surface area (Å²) in [6.45, 7) is 6.24. The Morgan fingerprint density at radius 1 is 0.682 bits per heavy atom. The quantitative estimate of drug-likeness (QED) is 0.264. The van der Waals surface area contributed by atoms with Crippen LogP contribution in [0.25, 0.3) is 0 Å². The van der Waals surface area contributed by atoms with E-state index in [4.69, 9.17) is 0 Å². The first-order valence-corrected chi connectivity index (χ1v) is 9.55. The number of allylic oxidation sites excluding steroid dienone is 1. The summed E-state index contributed by atoms with van der Waals surface area (Å²) < 4.78 is 0. The molecule has 0 radical (unpaired) electrons. The zero-order valence-electron chi connectivity index (χ0n) is 15.3. The van der Waals surface area contributed by atoms with Crippen LogP contribution in [0.1, 0.15) is 111 Å². The maximum Gasteiger partial charge on any atom is 0.331 e. The molecule has 0 saturated heterocycles. The maximum atomic E-state index is 11.2. The fourth-order valence-electron chi connectivity index (χ4n) is 2.89. The van der Waals surface area contributed by atoms with Crippen LogP contribution in [-0.2, 0) is 4.79 Å². The second-order valence-electron chi connectivity index (χ2n) is 6.57. The van der Waals surface area contributed by atoms with Crippen molar-refractivity contribution in [3.8, 4) is 0 Å². The van der Waals surface area contributed by atoms with E-state index in [0.717, 1.165) is 25.7 Å². The monoisotopic (exact) mass is 310 g/mol. The minimum Gasteiger partial charge on any atom is -0.478 e. The summed E-state index contributed by atoms with van der Waals surface area (Å²) in [5, 5.41) is 9.22. The molecule has 0 rings (SSSR count). The Bertz CT molecular complexity index is 305. The van der Waals surface area contributed by atoms with E-state index in [1.807, 2.05) is 0 Å². The third kappa shape index (κ3) is 11.8. The molecule has 0 heterocycles. The number of hydrogen-bond acceptors (Lipinski definition) is 1. The van der Waals surface area contributed by atoms with Crippen LogP contribution in [0.3, 0.4) is 0 Å². The Kier molecular flexibility index (Phi) is 14.6. The lowest BCUT2D eigenvalue weighted by molar-refractivity contribution is -0.132. The van der Waals surface area contributed by atoms with Crippen molar-refractivity contribution in [1.29, 1.82) is 0 Å². The van der Waals surface area contributed by atoms with Gasteiger partial charge in [-0.05, 0) is 32.6 Å². The van der Waals surface area contributed by atoms with Gasteiger partial charge in [0.2, 0.25) is 0 Å². The molecular weight excluding hydrogens is 272 g/mol. The molecule has 0 saturated carbocycles.